The van der Waals surface area contributed by atoms with Crippen LogP contribution in [-0.2, 0) is 0 Å². The number of halogens is 2. The summed E-state index contributed by atoms with van der Waals surface area (Å²) >= 11 is 7.44. The molecule has 2 unspecified atom stereocenters. The van der Waals surface area contributed by atoms with Crippen LogP contribution in [0, 0.1) is 11.8 Å². The Kier molecular flexibility index (Phi) is 2.39. The van der Waals surface area contributed by atoms with E-state index < -0.39 is 0 Å². The van der Waals surface area contributed by atoms with Crippen molar-refractivity contribution in [2.24, 2.45) is 11.8 Å². The van der Waals surface area contributed by atoms with Gasteiger partial charge in [0.05, 0.1) is 3.23 Å². The van der Waals surface area contributed by atoms with Gasteiger partial charge in [0.1, 0.15) is 0 Å². The number of rotatable bonds is 2. The molecule has 68 valence electrons. The van der Waals surface area contributed by atoms with Crippen LogP contribution < -0.4 is 0 Å². The molecular weight excluding hydrogens is 282 g/mol. The molecule has 0 spiro atoms. The molecule has 1 aliphatic heterocycles. The van der Waals surface area contributed by atoms with Gasteiger partial charge in [-0.05, 0) is 18.9 Å². The van der Waals surface area contributed by atoms with E-state index in [1.807, 2.05) is 6.08 Å². The van der Waals surface area contributed by atoms with Crippen LogP contribution in [0.4, 0.5) is 0 Å². The fraction of sp³-hybridized carbons (Fsp3) is 0.778. The maximum absolute atomic E-state index is 3.76. The Morgan fingerprint density at radius 3 is 2.83 bits per heavy atom. The van der Waals surface area contributed by atoms with Crippen molar-refractivity contribution in [1.82, 2.24) is 4.90 Å². The molecular formula is C9H13Br2N. The highest BCUT2D eigenvalue weighted by atomic mass is 79.9. The lowest BCUT2D eigenvalue weighted by Gasteiger charge is -2.23. The molecule has 1 aliphatic carbocycles. The first-order valence-electron chi connectivity index (χ1n) is 4.37. The molecule has 0 aromatic heterocycles. The van der Waals surface area contributed by atoms with Gasteiger partial charge in [-0.25, -0.2) is 0 Å². The summed E-state index contributed by atoms with van der Waals surface area (Å²) in [6.45, 7) is 7.25. The monoisotopic (exact) mass is 293 g/mol. The summed E-state index contributed by atoms with van der Waals surface area (Å²) in [5.74, 6) is 1.67. The van der Waals surface area contributed by atoms with Crippen molar-refractivity contribution in [3.63, 3.8) is 0 Å². The molecule has 3 heteroatoms. The molecule has 0 radical (unpaired) electrons. The summed E-state index contributed by atoms with van der Waals surface area (Å²) < 4.78 is 0.274. The van der Waals surface area contributed by atoms with E-state index in [2.05, 4.69) is 43.3 Å². The van der Waals surface area contributed by atoms with E-state index in [1.54, 1.807) is 0 Å². The van der Waals surface area contributed by atoms with Crippen LogP contribution in [0.1, 0.15) is 6.42 Å². The molecule has 2 atom stereocenters. The third-order valence-corrected chi connectivity index (χ3v) is 5.32. The third-order valence-electron chi connectivity index (χ3n) is 2.96. The van der Waals surface area contributed by atoms with Gasteiger partial charge in [0.15, 0.2) is 0 Å². The van der Waals surface area contributed by atoms with E-state index in [0.717, 1.165) is 18.4 Å². The molecule has 0 aromatic carbocycles. The van der Waals surface area contributed by atoms with Crippen molar-refractivity contribution in [3.05, 3.63) is 12.7 Å². The van der Waals surface area contributed by atoms with Crippen LogP contribution in [0.2, 0.25) is 0 Å². The summed E-state index contributed by atoms with van der Waals surface area (Å²) in [6.07, 6.45) is 3.31. The van der Waals surface area contributed by atoms with E-state index in [4.69, 9.17) is 0 Å². The molecule has 2 rings (SSSR count). The zero-order valence-corrected chi connectivity index (χ0v) is 10.1. The van der Waals surface area contributed by atoms with E-state index in [1.165, 1.54) is 19.5 Å². The lowest BCUT2D eigenvalue weighted by molar-refractivity contribution is 0.241. The van der Waals surface area contributed by atoms with Gasteiger partial charge in [0.2, 0.25) is 0 Å². The highest BCUT2D eigenvalue weighted by Gasteiger charge is 2.62. The van der Waals surface area contributed by atoms with Gasteiger partial charge in [-0.2, -0.15) is 0 Å². The van der Waals surface area contributed by atoms with E-state index in [0.29, 0.717) is 0 Å². The lowest BCUT2D eigenvalue weighted by Crippen LogP contribution is -2.31. The normalized spacial score (nSPS) is 38.8. The number of alkyl halides is 2. The smallest absolute Gasteiger partial charge is 0.0881 e. The molecule has 2 aliphatic rings. The Morgan fingerprint density at radius 2 is 2.25 bits per heavy atom. The van der Waals surface area contributed by atoms with Crippen molar-refractivity contribution in [2.75, 3.05) is 19.6 Å². The molecule has 1 nitrogen and oxygen atoms in total. The van der Waals surface area contributed by atoms with Crippen molar-refractivity contribution < 1.29 is 0 Å². The number of hydrogen-bond acceptors (Lipinski definition) is 1. The van der Waals surface area contributed by atoms with Crippen LogP contribution in [0.5, 0.6) is 0 Å². The second-order valence-corrected chi connectivity index (χ2v) is 7.41. The molecule has 0 aromatic rings. The molecule has 1 saturated carbocycles. The van der Waals surface area contributed by atoms with Gasteiger partial charge >= 0.3 is 0 Å². The lowest BCUT2D eigenvalue weighted by atomic mass is 10.1. The van der Waals surface area contributed by atoms with Crippen LogP contribution in [-0.4, -0.2) is 27.8 Å². The van der Waals surface area contributed by atoms with Gasteiger partial charge in [0.25, 0.3) is 0 Å². The zero-order chi connectivity index (χ0) is 8.77. The first-order valence-corrected chi connectivity index (χ1v) is 5.96. The number of nitrogens with zero attached hydrogens (tertiary/aromatic N) is 1. The summed E-state index contributed by atoms with van der Waals surface area (Å²) in [7, 11) is 0. The van der Waals surface area contributed by atoms with Crippen LogP contribution in [0.25, 0.3) is 0 Å². The molecule has 1 saturated heterocycles. The van der Waals surface area contributed by atoms with Gasteiger partial charge < -0.3 is 0 Å². The minimum atomic E-state index is 0.274. The quantitative estimate of drug-likeness (QED) is 0.559. The van der Waals surface area contributed by atoms with Gasteiger partial charge in [-0.15, -0.1) is 6.58 Å². The minimum absolute atomic E-state index is 0.274. The molecule has 0 bridgehead atoms. The van der Waals surface area contributed by atoms with Gasteiger partial charge in [-0.1, -0.05) is 37.9 Å². The molecule has 1 heterocycles. The predicted molar refractivity (Wildman–Crippen MR) is 58.8 cm³/mol. The Hall–Kier alpha value is 0.660. The van der Waals surface area contributed by atoms with Crippen molar-refractivity contribution >= 4 is 31.9 Å². The fourth-order valence-electron chi connectivity index (χ4n) is 2.14. The Balaban J connectivity index is 1.92. The van der Waals surface area contributed by atoms with Crippen molar-refractivity contribution in [2.45, 2.75) is 9.65 Å². The highest BCUT2D eigenvalue weighted by molar-refractivity contribution is 9.25. The fourth-order valence-corrected chi connectivity index (χ4v) is 3.90. The van der Waals surface area contributed by atoms with E-state index in [9.17, 15) is 0 Å². The van der Waals surface area contributed by atoms with Crippen LogP contribution >= 0.6 is 31.9 Å². The van der Waals surface area contributed by atoms with Crippen LogP contribution in [0.3, 0.4) is 0 Å². The SMILES string of the molecule is C=CCN1CCC2C(C1)C2(Br)Br. The predicted octanol–water partition coefficient (Wildman–Crippen LogP) is 2.61. The number of fused-ring (bicyclic) bond motifs is 1. The van der Waals surface area contributed by atoms with Gasteiger partial charge in [0, 0.05) is 19.0 Å². The topological polar surface area (TPSA) is 3.24 Å². The van der Waals surface area contributed by atoms with E-state index >= 15 is 0 Å². The maximum atomic E-state index is 3.76. The minimum Gasteiger partial charge on any atom is -0.299 e. The summed E-state index contributed by atoms with van der Waals surface area (Å²) in [6, 6.07) is 0. The number of hydrogen-bond donors (Lipinski definition) is 0. The Bertz CT molecular complexity index is 203. The van der Waals surface area contributed by atoms with Crippen molar-refractivity contribution in [1.29, 1.82) is 0 Å². The zero-order valence-electron chi connectivity index (χ0n) is 6.97. The first-order chi connectivity index (χ1) is 5.66. The molecule has 0 N–H and O–H groups in total. The standard InChI is InChI=1S/C9H13Br2N/c1-2-4-12-5-3-7-8(6-12)9(7,10)11/h2,7-8H,1,3-6H2. The van der Waals surface area contributed by atoms with Crippen LogP contribution in [0.15, 0.2) is 12.7 Å². The first kappa shape index (κ1) is 9.22. The molecule has 2 fully saturated rings. The summed E-state index contributed by atoms with van der Waals surface area (Å²) in [4.78, 5) is 2.47. The Morgan fingerprint density at radius 1 is 1.50 bits per heavy atom. The van der Waals surface area contributed by atoms with E-state index in [-0.39, 0.29) is 3.23 Å². The Labute approximate surface area is 90.5 Å². The van der Waals surface area contributed by atoms with Gasteiger partial charge in [-0.3, -0.25) is 4.90 Å². The molecule has 0 amide bonds. The number of piperidine rings is 1. The second-order valence-electron chi connectivity index (χ2n) is 3.72. The largest absolute Gasteiger partial charge is 0.299 e. The second kappa shape index (κ2) is 3.10. The maximum Gasteiger partial charge on any atom is 0.0881 e. The summed E-state index contributed by atoms with van der Waals surface area (Å²) in [5.41, 5.74) is 0. The molecule has 12 heavy (non-hydrogen) atoms. The average molecular weight is 295 g/mol. The average Bonchev–Trinajstić information content (AvgIpc) is 2.55. The third kappa shape index (κ3) is 1.40. The van der Waals surface area contributed by atoms with Crippen molar-refractivity contribution in [3.8, 4) is 0 Å². The highest BCUT2D eigenvalue weighted by Crippen LogP contribution is 2.64. The number of likely N-dealkylation sites (tertiary alicyclic amines) is 1. The summed E-state index contributed by atoms with van der Waals surface area (Å²) in [5, 5.41) is 0.